The van der Waals surface area contributed by atoms with Crippen molar-refractivity contribution >= 4 is 42.2 Å². The highest BCUT2D eigenvalue weighted by atomic mass is 79.9. The summed E-state index contributed by atoms with van der Waals surface area (Å²) in [7, 11) is -3.33. The summed E-state index contributed by atoms with van der Waals surface area (Å²) in [6, 6.07) is 15.4. The van der Waals surface area contributed by atoms with E-state index in [0.29, 0.717) is 35.3 Å². The number of thiazole rings is 1. The Bertz CT molecular complexity index is 1070. The molecule has 0 aliphatic carbocycles. The number of rotatable bonds is 4. The minimum absolute atomic E-state index is 0.348. The smallest absolute Gasteiger partial charge is 0.185 e. The fourth-order valence-electron chi connectivity index (χ4n) is 3.48. The molecule has 146 valence electrons. The fourth-order valence-corrected chi connectivity index (χ4v) is 7.13. The average molecular weight is 477 g/mol. The molecular formula is C21H21BrN2O2S2. The van der Waals surface area contributed by atoms with Crippen LogP contribution in [-0.4, -0.2) is 31.7 Å². The highest BCUT2D eigenvalue weighted by molar-refractivity contribution is 9.10. The molecule has 0 N–H and O–H groups in total. The Morgan fingerprint density at radius 2 is 1.75 bits per heavy atom. The van der Waals surface area contributed by atoms with Crippen LogP contribution in [0.5, 0.6) is 0 Å². The molecule has 0 bridgehead atoms. The zero-order valence-electron chi connectivity index (χ0n) is 15.5. The molecule has 1 aliphatic rings. The van der Waals surface area contributed by atoms with Crippen molar-refractivity contribution in [3.8, 4) is 11.3 Å². The van der Waals surface area contributed by atoms with E-state index in [4.69, 9.17) is 4.98 Å². The zero-order valence-corrected chi connectivity index (χ0v) is 18.7. The van der Waals surface area contributed by atoms with E-state index in [0.717, 1.165) is 16.4 Å². The van der Waals surface area contributed by atoms with Crippen molar-refractivity contribution in [3.05, 3.63) is 63.9 Å². The van der Waals surface area contributed by atoms with E-state index < -0.39 is 9.84 Å². The van der Waals surface area contributed by atoms with Crippen LogP contribution in [0.2, 0.25) is 0 Å². The highest BCUT2D eigenvalue weighted by Gasteiger charge is 2.33. The van der Waals surface area contributed by atoms with Gasteiger partial charge in [0, 0.05) is 28.5 Å². The SMILES string of the molecule is Cc1ccc(-c2csc(N3CCC(S(=O)(=O)c4ccccc4Br)CC3)n2)cc1. The molecule has 1 aliphatic heterocycles. The molecule has 3 aromatic rings. The van der Waals surface area contributed by atoms with Crippen LogP contribution in [0.4, 0.5) is 5.13 Å². The predicted octanol–water partition coefficient (Wildman–Crippen LogP) is 5.32. The van der Waals surface area contributed by atoms with Crippen molar-refractivity contribution in [2.75, 3.05) is 18.0 Å². The first-order chi connectivity index (χ1) is 13.4. The van der Waals surface area contributed by atoms with Gasteiger partial charge in [-0.25, -0.2) is 13.4 Å². The Morgan fingerprint density at radius 3 is 2.43 bits per heavy atom. The molecule has 28 heavy (non-hydrogen) atoms. The van der Waals surface area contributed by atoms with Gasteiger partial charge in [0.2, 0.25) is 0 Å². The van der Waals surface area contributed by atoms with Crippen LogP contribution in [-0.2, 0) is 9.84 Å². The molecular weight excluding hydrogens is 456 g/mol. The molecule has 2 heterocycles. The minimum Gasteiger partial charge on any atom is -0.348 e. The van der Waals surface area contributed by atoms with Gasteiger partial charge in [0.25, 0.3) is 0 Å². The molecule has 0 atom stereocenters. The van der Waals surface area contributed by atoms with Crippen LogP contribution >= 0.6 is 27.3 Å². The first kappa shape index (κ1) is 19.6. The summed E-state index contributed by atoms with van der Waals surface area (Å²) in [4.78, 5) is 7.38. The zero-order chi connectivity index (χ0) is 19.7. The molecule has 4 rings (SSSR count). The van der Waals surface area contributed by atoms with E-state index in [1.165, 1.54) is 5.56 Å². The number of halogens is 1. The number of piperidine rings is 1. The van der Waals surface area contributed by atoms with E-state index in [2.05, 4.69) is 57.4 Å². The van der Waals surface area contributed by atoms with Gasteiger partial charge in [0.05, 0.1) is 15.8 Å². The standard InChI is InChI=1S/C21H21BrN2O2S2/c1-15-6-8-16(9-7-15)19-14-27-21(23-19)24-12-10-17(11-13-24)28(25,26)20-5-3-2-4-18(20)22/h2-9,14,17H,10-13H2,1H3. The van der Waals surface area contributed by atoms with Gasteiger partial charge in [-0.3, -0.25) is 0 Å². The van der Waals surface area contributed by atoms with Crippen LogP contribution in [0.3, 0.4) is 0 Å². The number of anilines is 1. The van der Waals surface area contributed by atoms with Crippen molar-refractivity contribution in [1.82, 2.24) is 4.98 Å². The number of hydrogen-bond donors (Lipinski definition) is 0. The summed E-state index contributed by atoms with van der Waals surface area (Å²) in [5.41, 5.74) is 3.31. The van der Waals surface area contributed by atoms with Crippen LogP contribution in [0.15, 0.2) is 63.3 Å². The molecule has 0 amide bonds. The molecule has 7 heteroatoms. The second kappa shape index (κ2) is 7.97. The lowest BCUT2D eigenvalue weighted by atomic mass is 10.1. The van der Waals surface area contributed by atoms with E-state index in [1.807, 2.05) is 6.07 Å². The summed E-state index contributed by atoms with van der Waals surface area (Å²) in [6.45, 7) is 3.48. The third-order valence-corrected chi connectivity index (χ3v) is 9.31. The van der Waals surface area contributed by atoms with E-state index >= 15 is 0 Å². The average Bonchev–Trinajstić information content (AvgIpc) is 3.19. The van der Waals surface area contributed by atoms with Crippen molar-refractivity contribution in [3.63, 3.8) is 0 Å². The minimum atomic E-state index is -3.33. The number of hydrogen-bond acceptors (Lipinski definition) is 5. The molecule has 2 aromatic carbocycles. The second-order valence-electron chi connectivity index (χ2n) is 7.04. The molecule has 1 fully saturated rings. The molecule has 0 spiro atoms. The molecule has 1 aromatic heterocycles. The molecule has 0 radical (unpaired) electrons. The summed E-state index contributed by atoms with van der Waals surface area (Å²) in [5, 5.41) is 2.69. The Labute approximate surface area is 178 Å². The van der Waals surface area contributed by atoms with Crippen molar-refractivity contribution < 1.29 is 8.42 Å². The quantitative estimate of drug-likeness (QED) is 0.510. The van der Waals surface area contributed by atoms with E-state index in [9.17, 15) is 8.42 Å². The normalized spacial score (nSPS) is 15.7. The van der Waals surface area contributed by atoms with Crippen LogP contribution in [0.1, 0.15) is 18.4 Å². The van der Waals surface area contributed by atoms with Gasteiger partial charge in [0.15, 0.2) is 15.0 Å². The van der Waals surface area contributed by atoms with Gasteiger partial charge in [0.1, 0.15) is 0 Å². The number of sulfone groups is 1. The number of nitrogens with zero attached hydrogens (tertiary/aromatic N) is 2. The maximum absolute atomic E-state index is 13.0. The third-order valence-electron chi connectivity index (χ3n) is 5.13. The van der Waals surface area contributed by atoms with Crippen molar-refractivity contribution in [1.29, 1.82) is 0 Å². The third kappa shape index (κ3) is 3.88. The fraction of sp³-hybridized carbons (Fsp3) is 0.286. The van der Waals surface area contributed by atoms with Gasteiger partial charge >= 0.3 is 0 Å². The number of benzene rings is 2. The second-order valence-corrected chi connectivity index (χ2v) is 10.9. The van der Waals surface area contributed by atoms with E-state index in [-0.39, 0.29) is 5.25 Å². The Balaban J connectivity index is 1.46. The molecule has 0 unspecified atom stereocenters. The number of aromatic nitrogens is 1. The molecule has 4 nitrogen and oxygen atoms in total. The van der Waals surface area contributed by atoms with Crippen molar-refractivity contribution in [2.45, 2.75) is 29.9 Å². The summed E-state index contributed by atoms with van der Waals surface area (Å²) in [6.07, 6.45) is 1.23. The lowest BCUT2D eigenvalue weighted by Gasteiger charge is -2.31. The van der Waals surface area contributed by atoms with Gasteiger partial charge in [-0.1, -0.05) is 42.0 Å². The van der Waals surface area contributed by atoms with E-state index in [1.54, 1.807) is 29.5 Å². The largest absolute Gasteiger partial charge is 0.348 e. The Hall–Kier alpha value is -1.70. The lowest BCUT2D eigenvalue weighted by Crippen LogP contribution is -2.39. The van der Waals surface area contributed by atoms with Crippen LogP contribution < -0.4 is 4.90 Å². The Morgan fingerprint density at radius 1 is 1.07 bits per heavy atom. The molecule has 0 saturated carbocycles. The Kier molecular flexibility index (Phi) is 5.58. The van der Waals surface area contributed by atoms with Gasteiger partial charge in [-0.05, 0) is 47.8 Å². The first-order valence-electron chi connectivity index (χ1n) is 9.21. The summed E-state index contributed by atoms with van der Waals surface area (Å²) < 4.78 is 26.7. The van der Waals surface area contributed by atoms with Crippen LogP contribution in [0.25, 0.3) is 11.3 Å². The monoisotopic (exact) mass is 476 g/mol. The number of aryl methyl sites for hydroxylation is 1. The topological polar surface area (TPSA) is 50.3 Å². The first-order valence-corrected chi connectivity index (χ1v) is 12.4. The maximum Gasteiger partial charge on any atom is 0.185 e. The highest BCUT2D eigenvalue weighted by Crippen LogP contribution is 2.33. The lowest BCUT2D eigenvalue weighted by molar-refractivity contribution is 0.529. The summed E-state index contributed by atoms with van der Waals surface area (Å²) >= 11 is 5.00. The molecule has 1 saturated heterocycles. The van der Waals surface area contributed by atoms with Crippen molar-refractivity contribution in [2.24, 2.45) is 0 Å². The predicted molar refractivity (Wildman–Crippen MR) is 119 cm³/mol. The van der Waals surface area contributed by atoms with Gasteiger partial charge < -0.3 is 4.90 Å². The summed E-state index contributed by atoms with van der Waals surface area (Å²) in [5.74, 6) is 0. The van der Waals surface area contributed by atoms with Gasteiger partial charge in [-0.15, -0.1) is 11.3 Å². The maximum atomic E-state index is 13.0. The van der Waals surface area contributed by atoms with Gasteiger partial charge in [-0.2, -0.15) is 0 Å². The van der Waals surface area contributed by atoms with Crippen LogP contribution in [0, 0.1) is 6.92 Å².